The van der Waals surface area contributed by atoms with Crippen molar-refractivity contribution < 1.29 is 4.92 Å². The first-order valence-corrected chi connectivity index (χ1v) is 7.55. The third kappa shape index (κ3) is 3.79. The molecule has 110 valence electrons. The molecule has 1 saturated carbocycles. The molecule has 20 heavy (non-hydrogen) atoms. The molecule has 1 aliphatic carbocycles. The van der Waals surface area contributed by atoms with Crippen LogP contribution < -0.4 is 5.32 Å². The predicted octanol–water partition coefficient (Wildman–Crippen LogP) is 4.07. The standard InChI is InChI=1S/C16H24N2O2/c1-12-5-3-4-6-15(12)11-17-13(2)14-7-9-16(10-8-14)18(19)20/h7-10,12-13,15,17H,3-6,11H2,1-2H3. The van der Waals surface area contributed by atoms with Gasteiger partial charge in [-0.2, -0.15) is 0 Å². The maximum atomic E-state index is 10.6. The number of non-ortho nitro benzene ring substituents is 1. The molecule has 0 spiro atoms. The van der Waals surface area contributed by atoms with Gasteiger partial charge in [-0.15, -0.1) is 0 Å². The van der Waals surface area contributed by atoms with Crippen molar-refractivity contribution in [2.75, 3.05) is 6.54 Å². The number of nitro benzene ring substituents is 1. The average Bonchev–Trinajstić information content (AvgIpc) is 2.46. The molecule has 3 unspecified atom stereocenters. The van der Waals surface area contributed by atoms with Gasteiger partial charge in [-0.1, -0.05) is 38.3 Å². The fourth-order valence-electron chi connectivity index (χ4n) is 3.03. The van der Waals surface area contributed by atoms with Gasteiger partial charge in [0.25, 0.3) is 5.69 Å². The van der Waals surface area contributed by atoms with Gasteiger partial charge in [0.15, 0.2) is 0 Å². The van der Waals surface area contributed by atoms with Crippen LogP contribution in [0.5, 0.6) is 0 Å². The van der Waals surface area contributed by atoms with Gasteiger partial charge in [0.05, 0.1) is 4.92 Å². The number of hydrogen-bond acceptors (Lipinski definition) is 3. The van der Waals surface area contributed by atoms with Crippen molar-refractivity contribution >= 4 is 5.69 Å². The fraction of sp³-hybridized carbons (Fsp3) is 0.625. The smallest absolute Gasteiger partial charge is 0.269 e. The van der Waals surface area contributed by atoms with Crippen molar-refractivity contribution in [2.45, 2.75) is 45.6 Å². The van der Waals surface area contributed by atoms with Crippen molar-refractivity contribution in [3.63, 3.8) is 0 Å². The van der Waals surface area contributed by atoms with Gasteiger partial charge in [-0.25, -0.2) is 0 Å². The molecule has 0 aliphatic heterocycles. The lowest BCUT2D eigenvalue weighted by Crippen LogP contribution is -2.31. The molecular formula is C16H24N2O2. The monoisotopic (exact) mass is 276 g/mol. The Morgan fingerprint density at radius 3 is 2.55 bits per heavy atom. The highest BCUT2D eigenvalue weighted by Gasteiger charge is 2.21. The molecule has 1 N–H and O–H groups in total. The number of nitro groups is 1. The summed E-state index contributed by atoms with van der Waals surface area (Å²) in [5, 5.41) is 14.2. The Morgan fingerprint density at radius 2 is 1.95 bits per heavy atom. The SMILES string of the molecule is CC(NCC1CCCCC1C)c1ccc([N+](=O)[O-])cc1. The van der Waals surface area contributed by atoms with Gasteiger partial charge in [-0.3, -0.25) is 10.1 Å². The van der Waals surface area contributed by atoms with E-state index in [4.69, 9.17) is 0 Å². The van der Waals surface area contributed by atoms with Crippen LogP contribution in [0.25, 0.3) is 0 Å². The van der Waals surface area contributed by atoms with Crippen LogP contribution in [0.15, 0.2) is 24.3 Å². The summed E-state index contributed by atoms with van der Waals surface area (Å²) in [6.07, 6.45) is 5.39. The third-order valence-corrected chi connectivity index (χ3v) is 4.58. The van der Waals surface area contributed by atoms with Crippen LogP contribution in [-0.2, 0) is 0 Å². The van der Waals surface area contributed by atoms with Crippen LogP contribution in [-0.4, -0.2) is 11.5 Å². The van der Waals surface area contributed by atoms with Gasteiger partial charge < -0.3 is 5.32 Å². The lowest BCUT2D eigenvalue weighted by atomic mass is 9.80. The zero-order chi connectivity index (χ0) is 14.5. The highest BCUT2D eigenvalue weighted by atomic mass is 16.6. The van der Waals surface area contributed by atoms with Crippen molar-refractivity contribution in [3.8, 4) is 0 Å². The zero-order valence-corrected chi connectivity index (χ0v) is 12.3. The van der Waals surface area contributed by atoms with Crippen LogP contribution in [0.2, 0.25) is 0 Å². The molecular weight excluding hydrogens is 252 g/mol. The summed E-state index contributed by atoms with van der Waals surface area (Å²) in [7, 11) is 0. The lowest BCUT2D eigenvalue weighted by Gasteiger charge is -2.30. The Balaban J connectivity index is 1.87. The fourth-order valence-corrected chi connectivity index (χ4v) is 3.03. The van der Waals surface area contributed by atoms with Crippen LogP contribution in [0.1, 0.15) is 51.1 Å². The van der Waals surface area contributed by atoms with E-state index in [1.165, 1.54) is 25.7 Å². The summed E-state index contributed by atoms with van der Waals surface area (Å²) in [5.41, 5.74) is 1.26. The molecule has 1 aliphatic rings. The number of nitrogens with zero attached hydrogens (tertiary/aromatic N) is 1. The number of benzene rings is 1. The molecule has 2 rings (SSSR count). The largest absolute Gasteiger partial charge is 0.310 e. The van der Waals surface area contributed by atoms with Crippen molar-refractivity contribution in [2.24, 2.45) is 11.8 Å². The molecule has 1 aromatic rings. The molecule has 0 saturated heterocycles. The van der Waals surface area contributed by atoms with Gasteiger partial charge in [0.1, 0.15) is 0 Å². The number of hydrogen-bond donors (Lipinski definition) is 1. The van der Waals surface area contributed by atoms with E-state index in [2.05, 4.69) is 19.2 Å². The van der Waals surface area contributed by atoms with E-state index in [0.717, 1.165) is 23.9 Å². The molecule has 0 bridgehead atoms. The van der Waals surface area contributed by atoms with Gasteiger partial charge in [-0.05, 0) is 37.3 Å². The molecule has 1 fully saturated rings. The molecule has 0 aromatic heterocycles. The molecule has 4 nitrogen and oxygen atoms in total. The molecule has 0 amide bonds. The Labute approximate surface area is 120 Å². The quantitative estimate of drug-likeness (QED) is 0.651. The van der Waals surface area contributed by atoms with E-state index in [9.17, 15) is 10.1 Å². The number of rotatable bonds is 5. The molecule has 1 aromatic carbocycles. The minimum Gasteiger partial charge on any atom is -0.310 e. The minimum atomic E-state index is -0.356. The highest BCUT2D eigenvalue weighted by molar-refractivity contribution is 5.34. The predicted molar refractivity (Wildman–Crippen MR) is 80.6 cm³/mol. The van der Waals surface area contributed by atoms with E-state index >= 15 is 0 Å². The normalized spacial score (nSPS) is 24.3. The molecule has 4 heteroatoms. The van der Waals surface area contributed by atoms with Crippen LogP contribution in [0.3, 0.4) is 0 Å². The van der Waals surface area contributed by atoms with Crippen molar-refractivity contribution in [3.05, 3.63) is 39.9 Å². The van der Waals surface area contributed by atoms with Gasteiger partial charge in [0, 0.05) is 18.2 Å². The third-order valence-electron chi connectivity index (χ3n) is 4.58. The summed E-state index contributed by atoms with van der Waals surface area (Å²) in [4.78, 5) is 10.3. The van der Waals surface area contributed by atoms with E-state index in [-0.39, 0.29) is 16.7 Å². The van der Waals surface area contributed by atoms with E-state index in [1.54, 1.807) is 12.1 Å². The first kappa shape index (κ1) is 15.0. The van der Waals surface area contributed by atoms with Crippen LogP contribution in [0, 0.1) is 22.0 Å². The molecule has 3 atom stereocenters. The molecule has 0 radical (unpaired) electrons. The van der Waals surface area contributed by atoms with E-state index in [1.807, 2.05) is 12.1 Å². The van der Waals surface area contributed by atoms with Crippen LogP contribution >= 0.6 is 0 Å². The topological polar surface area (TPSA) is 55.2 Å². The van der Waals surface area contributed by atoms with Crippen LogP contribution in [0.4, 0.5) is 5.69 Å². The Morgan fingerprint density at radius 1 is 1.30 bits per heavy atom. The maximum absolute atomic E-state index is 10.6. The summed E-state index contributed by atoms with van der Waals surface area (Å²) in [5.74, 6) is 1.57. The summed E-state index contributed by atoms with van der Waals surface area (Å²) < 4.78 is 0. The van der Waals surface area contributed by atoms with Crippen molar-refractivity contribution in [1.29, 1.82) is 0 Å². The Hall–Kier alpha value is -1.42. The Bertz CT molecular complexity index is 444. The first-order chi connectivity index (χ1) is 9.58. The summed E-state index contributed by atoms with van der Waals surface area (Å²) in [6, 6.07) is 7.10. The Kier molecular flexibility index (Phi) is 5.12. The van der Waals surface area contributed by atoms with Crippen molar-refractivity contribution in [1.82, 2.24) is 5.32 Å². The average molecular weight is 276 g/mol. The van der Waals surface area contributed by atoms with Gasteiger partial charge >= 0.3 is 0 Å². The number of nitrogens with one attached hydrogen (secondary N) is 1. The lowest BCUT2D eigenvalue weighted by molar-refractivity contribution is -0.384. The maximum Gasteiger partial charge on any atom is 0.269 e. The zero-order valence-electron chi connectivity index (χ0n) is 12.3. The second-order valence-corrected chi connectivity index (χ2v) is 6.00. The second-order valence-electron chi connectivity index (χ2n) is 6.00. The van der Waals surface area contributed by atoms with E-state index < -0.39 is 0 Å². The molecule has 0 heterocycles. The first-order valence-electron chi connectivity index (χ1n) is 7.55. The highest BCUT2D eigenvalue weighted by Crippen LogP contribution is 2.29. The second kappa shape index (κ2) is 6.84. The van der Waals surface area contributed by atoms with Gasteiger partial charge in [0.2, 0.25) is 0 Å². The summed E-state index contributed by atoms with van der Waals surface area (Å²) in [6.45, 7) is 5.51. The summed E-state index contributed by atoms with van der Waals surface area (Å²) >= 11 is 0. The van der Waals surface area contributed by atoms with E-state index in [0.29, 0.717) is 0 Å². The minimum absolute atomic E-state index is 0.154.